The smallest absolute Gasteiger partial charge is 0.239 e. The number of aromatic hydroxyl groups is 2. The number of phenols is 2. The van der Waals surface area contributed by atoms with E-state index in [0.29, 0.717) is 0 Å². The molecule has 1 aromatic heterocycles. The molecule has 4 aliphatic heterocycles. The standard InChI is InChI=1S/C39H50O25/c1-11-21(45)26(50)30(54)36(56-11)57-14-6-15(44)20-16(7-14)58-32(12-2-4-13(43)5-3-12)33(25(20)49)62-38-35(29(53)24(48)18(9-41)60-38)64-39-34(28(52)23(47)19(10-42)61-39)63-37-31(55)27(51)22(46)17(8-40)59-37/h2-7,11,17-19,21-24,26-31,34-48,50-55H,8-10H2,1H3/t11-,17-,18+,19-,21+,22-,23-,24-,26+,27+,28+,29+,30+,31-,34-,35+,36+,37+,38+,39+/m1/s1. The highest BCUT2D eigenvalue weighted by Crippen LogP contribution is 2.40. The highest BCUT2D eigenvalue weighted by atomic mass is 16.8. The Balaban J connectivity index is 1.27. The molecule has 20 atom stereocenters. The van der Waals surface area contributed by atoms with Gasteiger partial charge in [0.25, 0.3) is 0 Å². The van der Waals surface area contributed by atoms with E-state index in [0.717, 1.165) is 12.1 Å². The lowest BCUT2D eigenvalue weighted by Gasteiger charge is -2.48. The molecule has 0 spiro atoms. The van der Waals surface area contributed by atoms with Crippen LogP contribution in [0, 0.1) is 0 Å². The first-order valence-electron chi connectivity index (χ1n) is 19.9. The van der Waals surface area contributed by atoms with Crippen LogP contribution in [0.2, 0.25) is 0 Å². The highest BCUT2D eigenvalue weighted by Gasteiger charge is 2.55. The summed E-state index contributed by atoms with van der Waals surface area (Å²) in [5.74, 6) is -2.49. The first kappa shape index (κ1) is 48.0. The third-order valence-corrected chi connectivity index (χ3v) is 11.4. The van der Waals surface area contributed by atoms with Crippen LogP contribution >= 0.6 is 0 Å². The van der Waals surface area contributed by atoms with Crippen LogP contribution in [0.25, 0.3) is 22.3 Å². The van der Waals surface area contributed by atoms with E-state index in [-0.39, 0.29) is 22.6 Å². The van der Waals surface area contributed by atoms with Crippen LogP contribution in [0.3, 0.4) is 0 Å². The Hall–Kier alpha value is -3.91. The average molecular weight is 919 g/mol. The summed E-state index contributed by atoms with van der Waals surface area (Å²) >= 11 is 0. The molecule has 0 aliphatic carbocycles. The average Bonchev–Trinajstić information content (AvgIpc) is 3.27. The van der Waals surface area contributed by atoms with Gasteiger partial charge in [-0.1, -0.05) is 0 Å². The van der Waals surface area contributed by atoms with Crippen LogP contribution in [-0.4, -0.2) is 219 Å². The summed E-state index contributed by atoms with van der Waals surface area (Å²) in [6, 6.07) is 7.04. The van der Waals surface area contributed by atoms with Crippen LogP contribution in [0.5, 0.6) is 23.0 Å². The van der Waals surface area contributed by atoms with Crippen molar-refractivity contribution in [3.8, 4) is 34.3 Å². The van der Waals surface area contributed by atoms with E-state index in [1.807, 2.05) is 0 Å². The van der Waals surface area contributed by atoms with Crippen molar-refractivity contribution in [2.45, 2.75) is 130 Å². The summed E-state index contributed by atoms with van der Waals surface area (Å²) in [6.07, 6.45) is -36.4. The maximum atomic E-state index is 14.5. The van der Waals surface area contributed by atoms with Crippen LogP contribution in [0.15, 0.2) is 45.6 Å². The number of hydrogen-bond acceptors (Lipinski definition) is 25. The molecule has 356 valence electrons. The molecule has 0 unspecified atom stereocenters. The summed E-state index contributed by atoms with van der Waals surface area (Å²) in [5.41, 5.74) is -1.47. The largest absolute Gasteiger partial charge is 0.508 e. The normalized spacial score (nSPS) is 40.6. The number of aliphatic hydroxyl groups excluding tert-OH is 13. The molecule has 7 rings (SSSR count). The Bertz CT molecular complexity index is 2100. The Morgan fingerprint density at radius 2 is 1.05 bits per heavy atom. The predicted molar refractivity (Wildman–Crippen MR) is 204 cm³/mol. The quantitative estimate of drug-likeness (QED) is 0.0804. The topological polar surface area (TPSA) is 408 Å². The van der Waals surface area contributed by atoms with Gasteiger partial charge in [0.05, 0.1) is 25.9 Å². The van der Waals surface area contributed by atoms with Gasteiger partial charge in [0, 0.05) is 17.7 Å². The Labute approximate surface area is 360 Å². The molecule has 4 saturated heterocycles. The van der Waals surface area contributed by atoms with Gasteiger partial charge in [0.15, 0.2) is 24.4 Å². The predicted octanol–water partition coefficient (Wildman–Crippen LogP) is -6.10. The summed E-state index contributed by atoms with van der Waals surface area (Å²) in [4.78, 5) is 14.5. The van der Waals surface area contributed by atoms with Crippen molar-refractivity contribution in [3.05, 3.63) is 46.6 Å². The van der Waals surface area contributed by atoms with Crippen LogP contribution in [0.1, 0.15) is 6.92 Å². The number of ether oxygens (including phenoxy) is 8. The van der Waals surface area contributed by atoms with Gasteiger partial charge in [-0.25, -0.2) is 0 Å². The molecule has 5 heterocycles. The first-order valence-corrected chi connectivity index (χ1v) is 19.9. The SMILES string of the molecule is C[C@H]1O[C@@H](Oc2cc(O)c3c(=O)c(O[C@@H]4O[C@@H](CO)[C@@H](O)[C@H](O)[C@@H]4O[C@@H]4O[C@H](CO)[C@@H](O)[C@H](O)[C@H]4O[C@@H]4O[C@H](CO)[C@@H](O)[C@H](O)[C@H]4O)c(-c4ccc(O)cc4)oc3c2)[C@@H](O)[C@@H](O)[C@H]1O. The van der Waals surface area contributed by atoms with Gasteiger partial charge in [-0.2, -0.15) is 0 Å². The van der Waals surface area contributed by atoms with Crippen molar-refractivity contribution >= 4 is 11.0 Å². The van der Waals surface area contributed by atoms with Gasteiger partial charge in [0.2, 0.25) is 23.8 Å². The van der Waals surface area contributed by atoms with Crippen molar-refractivity contribution < 1.29 is 119 Å². The fourth-order valence-electron chi connectivity index (χ4n) is 7.69. The second-order valence-corrected chi connectivity index (χ2v) is 15.7. The van der Waals surface area contributed by atoms with Crippen molar-refractivity contribution in [1.29, 1.82) is 0 Å². The van der Waals surface area contributed by atoms with Gasteiger partial charge < -0.3 is 119 Å². The molecule has 3 aromatic rings. The van der Waals surface area contributed by atoms with E-state index < -0.39 is 171 Å². The lowest BCUT2D eigenvalue weighted by atomic mass is 9.96. The lowest BCUT2D eigenvalue weighted by molar-refractivity contribution is -0.389. The zero-order chi connectivity index (χ0) is 46.5. The van der Waals surface area contributed by atoms with Gasteiger partial charge >= 0.3 is 0 Å². The van der Waals surface area contributed by atoms with E-state index in [9.17, 15) is 81.4 Å². The first-order chi connectivity index (χ1) is 30.4. The van der Waals surface area contributed by atoms with Gasteiger partial charge in [-0.3, -0.25) is 4.79 Å². The molecule has 0 saturated carbocycles. The molecular formula is C39H50O25. The Morgan fingerprint density at radius 3 is 1.64 bits per heavy atom. The minimum Gasteiger partial charge on any atom is -0.508 e. The Morgan fingerprint density at radius 1 is 0.547 bits per heavy atom. The third-order valence-electron chi connectivity index (χ3n) is 11.4. The minimum absolute atomic E-state index is 0.0358. The molecule has 0 amide bonds. The molecule has 4 fully saturated rings. The molecule has 25 heteroatoms. The molecule has 15 N–H and O–H groups in total. The van der Waals surface area contributed by atoms with Crippen molar-refractivity contribution in [2.75, 3.05) is 19.8 Å². The van der Waals surface area contributed by atoms with Crippen molar-refractivity contribution in [2.24, 2.45) is 0 Å². The maximum Gasteiger partial charge on any atom is 0.239 e. The number of benzene rings is 2. The van der Waals surface area contributed by atoms with E-state index in [1.54, 1.807) is 0 Å². The van der Waals surface area contributed by atoms with Crippen LogP contribution in [-0.2, 0) is 28.4 Å². The molecule has 64 heavy (non-hydrogen) atoms. The summed E-state index contributed by atoms with van der Waals surface area (Å²) in [5, 5.41) is 157. The van der Waals surface area contributed by atoms with E-state index in [2.05, 4.69) is 0 Å². The molecule has 2 aromatic carbocycles. The molecule has 0 bridgehead atoms. The maximum absolute atomic E-state index is 14.5. The molecule has 25 nitrogen and oxygen atoms in total. The summed E-state index contributed by atoms with van der Waals surface area (Å²) in [6.45, 7) is -1.38. The van der Waals surface area contributed by atoms with Crippen LogP contribution in [0.4, 0.5) is 0 Å². The lowest BCUT2D eigenvalue weighted by Crippen LogP contribution is -2.67. The number of rotatable bonds is 12. The fourth-order valence-corrected chi connectivity index (χ4v) is 7.69. The summed E-state index contributed by atoms with van der Waals surface area (Å²) < 4.78 is 51.9. The molecular weight excluding hydrogens is 868 g/mol. The third kappa shape index (κ3) is 9.12. The van der Waals surface area contributed by atoms with Crippen LogP contribution < -0.4 is 14.9 Å². The fraction of sp³-hybridized carbons (Fsp3) is 0.615. The van der Waals surface area contributed by atoms with E-state index in [4.69, 9.17) is 42.3 Å². The highest BCUT2D eigenvalue weighted by molar-refractivity contribution is 5.88. The van der Waals surface area contributed by atoms with E-state index >= 15 is 0 Å². The molecule has 0 radical (unpaired) electrons. The molecule has 4 aliphatic rings. The zero-order valence-electron chi connectivity index (χ0n) is 33.4. The number of fused-ring (bicyclic) bond motifs is 1. The minimum atomic E-state index is -2.14. The van der Waals surface area contributed by atoms with E-state index in [1.165, 1.54) is 31.2 Å². The summed E-state index contributed by atoms with van der Waals surface area (Å²) in [7, 11) is 0. The van der Waals surface area contributed by atoms with Gasteiger partial charge in [0.1, 0.15) is 114 Å². The number of aliphatic hydroxyl groups is 13. The van der Waals surface area contributed by atoms with Crippen molar-refractivity contribution in [3.63, 3.8) is 0 Å². The van der Waals surface area contributed by atoms with Crippen molar-refractivity contribution in [1.82, 2.24) is 0 Å². The Kier molecular flexibility index (Phi) is 14.6. The number of phenolic OH excluding ortho intramolecular Hbond substituents is 2. The van der Waals surface area contributed by atoms with Gasteiger partial charge in [-0.15, -0.1) is 0 Å². The monoisotopic (exact) mass is 918 g/mol. The second-order valence-electron chi connectivity index (χ2n) is 15.7. The zero-order valence-corrected chi connectivity index (χ0v) is 33.4. The second kappa shape index (κ2) is 19.5. The van der Waals surface area contributed by atoms with Gasteiger partial charge in [-0.05, 0) is 31.2 Å². The number of hydrogen-bond donors (Lipinski definition) is 15.